The minimum absolute atomic E-state index is 0.000694. The molecule has 0 saturated heterocycles. The number of aryl methyl sites for hydroxylation is 1. The molecule has 1 aromatic heterocycles. The normalized spacial score (nSPS) is 14.1. The third-order valence-electron chi connectivity index (χ3n) is 2.47. The van der Waals surface area contributed by atoms with Crippen molar-refractivity contribution in [3.05, 3.63) is 11.8 Å². The molecule has 0 aliphatic carbocycles. The summed E-state index contributed by atoms with van der Waals surface area (Å²) < 4.78 is 1.83. The molecule has 1 aliphatic heterocycles. The average Bonchev–Trinajstić information content (AvgIpc) is 2.72. The molecule has 80 valence electrons. The predicted molar refractivity (Wildman–Crippen MR) is 54.6 cm³/mol. The van der Waals surface area contributed by atoms with Crippen molar-refractivity contribution >= 4 is 18.0 Å². The summed E-state index contributed by atoms with van der Waals surface area (Å²) in [5.41, 5.74) is 0.915. The first kappa shape index (κ1) is 9.89. The van der Waals surface area contributed by atoms with E-state index in [1.165, 1.54) is 0 Å². The summed E-state index contributed by atoms with van der Waals surface area (Å²) in [7, 11) is 0. The average molecular weight is 207 g/mol. The number of aromatic nitrogens is 2. The zero-order valence-corrected chi connectivity index (χ0v) is 8.64. The van der Waals surface area contributed by atoms with Gasteiger partial charge in [0.25, 0.3) is 0 Å². The Bertz CT molecular complexity index is 397. The summed E-state index contributed by atoms with van der Waals surface area (Å²) in [5, 5.41) is 4.26. The van der Waals surface area contributed by atoms with Crippen molar-refractivity contribution in [3.63, 3.8) is 0 Å². The van der Waals surface area contributed by atoms with Gasteiger partial charge in [0.1, 0.15) is 12.1 Å². The van der Waals surface area contributed by atoms with Gasteiger partial charge >= 0.3 is 0 Å². The van der Waals surface area contributed by atoms with Gasteiger partial charge in [0.05, 0.1) is 12.2 Å². The maximum absolute atomic E-state index is 11.7. The standard InChI is InChI=1S/C10H13N3O2/c1-8-7-9-12(4-5-13(9)11-8)10(15)3-2-6-14/h6-7H,2-5H2,1H3. The number of hydrogen-bond donors (Lipinski definition) is 0. The fourth-order valence-corrected chi connectivity index (χ4v) is 1.79. The second-order valence-corrected chi connectivity index (χ2v) is 3.62. The van der Waals surface area contributed by atoms with Crippen molar-refractivity contribution in [2.24, 2.45) is 0 Å². The van der Waals surface area contributed by atoms with Crippen LogP contribution in [0.5, 0.6) is 0 Å². The van der Waals surface area contributed by atoms with Gasteiger partial charge in [0.15, 0.2) is 0 Å². The van der Waals surface area contributed by atoms with E-state index in [1.54, 1.807) is 4.90 Å². The first-order valence-electron chi connectivity index (χ1n) is 5.01. The fraction of sp³-hybridized carbons (Fsp3) is 0.500. The van der Waals surface area contributed by atoms with E-state index in [9.17, 15) is 9.59 Å². The van der Waals surface area contributed by atoms with Crippen LogP contribution in [-0.4, -0.2) is 28.5 Å². The molecular formula is C10H13N3O2. The second kappa shape index (κ2) is 3.84. The fourth-order valence-electron chi connectivity index (χ4n) is 1.79. The minimum Gasteiger partial charge on any atom is -0.303 e. The van der Waals surface area contributed by atoms with E-state index in [4.69, 9.17) is 0 Å². The van der Waals surface area contributed by atoms with Gasteiger partial charge in [0, 0.05) is 25.5 Å². The third-order valence-corrected chi connectivity index (χ3v) is 2.47. The van der Waals surface area contributed by atoms with E-state index in [0.717, 1.165) is 24.3 Å². The molecule has 1 aromatic rings. The molecule has 1 aliphatic rings. The molecule has 1 amide bonds. The number of fused-ring (bicyclic) bond motifs is 1. The van der Waals surface area contributed by atoms with Crippen LogP contribution < -0.4 is 4.90 Å². The summed E-state index contributed by atoms with van der Waals surface area (Å²) in [5.74, 6) is 0.851. The molecule has 0 aromatic carbocycles. The molecule has 5 heteroatoms. The SMILES string of the molecule is Cc1cc2n(n1)CCN2C(=O)CCC=O. The van der Waals surface area contributed by atoms with Crippen LogP contribution in [0.2, 0.25) is 0 Å². The maximum Gasteiger partial charge on any atom is 0.228 e. The molecule has 0 fully saturated rings. The molecule has 5 nitrogen and oxygen atoms in total. The molecule has 2 heterocycles. The van der Waals surface area contributed by atoms with Crippen LogP contribution in [0.1, 0.15) is 18.5 Å². The Morgan fingerprint density at radius 1 is 1.60 bits per heavy atom. The number of aldehydes is 1. The van der Waals surface area contributed by atoms with Crippen LogP contribution in [0.15, 0.2) is 6.07 Å². The molecule has 0 spiro atoms. The van der Waals surface area contributed by atoms with E-state index in [-0.39, 0.29) is 12.3 Å². The molecule has 0 radical (unpaired) electrons. The van der Waals surface area contributed by atoms with Crippen molar-refractivity contribution in [1.29, 1.82) is 0 Å². The van der Waals surface area contributed by atoms with Crippen LogP contribution in [0.25, 0.3) is 0 Å². The Morgan fingerprint density at radius 2 is 2.40 bits per heavy atom. The molecule has 2 rings (SSSR count). The predicted octanol–water partition coefficient (Wildman–Crippen LogP) is 0.517. The van der Waals surface area contributed by atoms with E-state index in [1.807, 2.05) is 17.7 Å². The van der Waals surface area contributed by atoms with Gasteiger partial charge in [0.2, 0.25) is 5.91 Å². The molecule has 15 heavy (non-hydrogen) atoms. The summed E-state index contributed by atoms with van der Waals surface area (Å²) in [4.78, 5) is 23.6. The van der Waals surface area contributed by atoms with Gasteiger partial charge in [-0.15, -0.1) is 0 Å². The van der Waals surface area contributed by atoms with E-state index < -0.39 is 0 Å². The summed E-state index contributed by atoms with van der Waals surface area (Å²) in [6, 6.07) is 1.89. The number of rotatable bonds is 3. The van der Waals surface area contributed by atoms with Crippen molar-refractivity contribution in [1.82, 2.24) is 9.78 Å². The number of carbonyl (C=O) groups is 2. The Labute approximate surface area is 87.7 Å². The van der Waals surface area contributed by atoms with Crippen LogP contribution >= 0.6 is 0 Å². The molecule has 0 N–H and O–H groups in total. The van der Waals surface area contributed by atoms with Crippen LogP contribution in [0, 0.1) is 6.92 Å². The first-order valence-corrected chi connectivity index (χ1v) is 5.01. The smallest absolute Gasteiger partial charge is 0.228 e. The third kappa shape index (κ3) is 1.77. The highest BCUT2D eigenvalue weighted by atomic mass is 16.2. The number of carbonyl (C=O) groups excluding carboxylic acids is 2. The number of amides is 1. The van der Waals surface area contributed by atoms with Crippen LogP contribution in [0.4, 0.5) is 5.82 Å². The van der Waals surface area contributed by atoms with Gasteiger partial charge < -0.3 is 4.79 Å². The molecule has 0 unspecified atom stereocenters. The summed E-state index contributed by atoms with van der Waals surface area (Å²) in [6.07, 6.45) is 1.35. The number of anilines is 1. The van der Waals surface area contributed by atoms with E-state index >= 15 is 0 Å². The topological polar surface area (TPSA) is 55.2 Å². The Morgan fingerprint density at radius 3 is 3.13 bits per heavy atom. The Hall–Kier alpha value is -1.65. The zero-order valence-electron chi connectivity index (χ0n) is 8.64. The largest absolute Gasteiger partial charge is 0.303 e. The Balaban J connectivity index is 2.12. The van der Waals surface area contributed by atoms with E-state index in [0.29, 0.717) is 13.0 Å². The first-order chi connectivity index (χ1) is 7.22. The molecule has 0 atom stereocenters. The highest BCUT2D eigenvalue weighted by Crippen LogP contribution is 2.22. The van der Waals surface area contributed by atoms with Crippen LogP contribution in [0.3, 0.4) is 0 Å². The summed E-state index contributed by atoms with van der Waals surface area (Å²) in [6.45, 7) is 3.32. The van der Waals surface area contributed by atoms with Crippen molar-refractivity contribution in [2.45, 2.75) is 26.3 Å². The van der Waals surface area contributed by atoms with Crippen molar-refractivity contribution < 1.29 is 9.59 Å². The van der Waals surface area contributed by atoms with Gasteiger partial charge in [-0.1, -0.05) is 0 Å². The number of nitrogens with zero attached hydrogens (tertiary/aromatic N) is 3. The quantitative estimate of drug-likeness (QED) is 0.679. The lowest BCUT2D eigenvalue weighted by molar-refractivity contribution is -0.120. The highest BCUT2D eigenvalue weighted by molar-refractivity contribution is 5.94. The molecular weight excluding hydrogens is 194 g/mol. The van der Waals surface area contributed by atoms with Gasteiger partial charge in [-0.25, -0.2) is 4.68 Å². The summed E-state index contributed by atoms with van der Waals surface area (Å²) >= 11 is 0. The number of hydrogen-bond acceptors (Lipinski definition) is 3. The lowest BCUT2D eigenvalue weighted by Crippen LogP contribution is -2.28. The lowest BCUT2D eigenvalue weighted by atomic mass is 10.3. The van der Waals surface area contributed by atoms with Crippen molar-refractivity contribution in [3.8, 4) is 0 Å². The maximum atomic E-state index is 11.7. The molecule has 0 saturated carbocycles. The minimum atomic E-state index is 0.000694. The molecule has 0 bridgehead atoms. The van der Waals surface area contributed by atoms with Crippen LogP contribution in [-0.2, 0) is 16.1 Å². The Kier molecular flexibility index (Phi) is 2.53. The van der Waals surface area contributed by atoms with Gasteiger partial charge in [-0.2, -0.15) is 5.10 Å². The van der Waals surface area contributed by atoms with Crippen molar-refractivity contribution in [2.75, 3.05) is 11.4 Å². The second-order valence-electron chi connectivity index (χ2n) is 3.62. The lowest BCUT2D eigenvalue weighted by Gasteiger charge is -2.13. The van der Waals surface area contributed by atoms with E-state index in [2.05, 4.69) is 5.10 Å². The monoisotopic (exact) mass is 207 g/mol. The zero-order chi connectivity index (χ0) is 10.8. The van der Waals surface area contributed by atoms with Gasteiger partial charge in [-0.3, -0.25) is 9.69 Å². The van der Waals surface area contributed by atoms with Gasteiger partial charge in [-0.05, 0) is 6.92 Å². The highest BCUT2D eigenvalue weighted by Gasteiger charge is 2.25.